The van der Waals surface area contributed by atoms with Gasteiger partial charge in [0, 0.05) is 12.1 Å². The van der Waals surface area contributed by atoms with E-state index in [1.807, 2.05) is 4.72 Å². The molecule has 1 N–H and O–H groups in total. The quantitative estimate of drug-likeness (QED) is 0.621. The van der Waals surface area contributed by atoms with Gasteiger partial charge in [-0.3, -0.25) is 4.72 Å². The van der Waals surface area contributed by atoms with E-state index in [0.29, 0.717) is 7.11 Å². The van der Waals surface area contributed by atoms with Gasteiger partial charge in [0.15, 0.2) is 0 Å². The summed E-state index contributed by atoms with van der Waals surface area (Å²) in [5.74, 6) is -1.92. The molecule has 134 valence electrons. The molecule has 0 saturated heterocycles. The largest absolute Gasteiger partial charge is 0.468 e. The van der Waals surface area contributed by atoms with Crippen LogP contribution in [0.4, 0.5) is 18.9 Å². The first-order valence-corrected chi connectivity index (χ1v) is 8.24. The summed E-state index contributed by atoms with van der Waals surface area (Å²) in [6.45, 7) is 6.23. The summed E-state index contributed by atoms with van der Waals surface area (Å²) < 4.78 is 68.3. The van der Waals surface area contributed by atoms with Gasteiger partial charge in [-0.25, -0.2) is 13.2 Å². The predicted octanol–water partition coefficient (Wildman–Crippen LogP) is 3.18. The number of anilines is 1. The van der Waals surface area contributed by atoms with Crippen LogP contribution in [0.15, 0.2) is 36.4 Å². The molecule has 0 aromatic heterocycles. The molecular weight excluding hydrogens is 347 g/mol. The monoisotopic (exact) mass is 365 g/mol. The van der Waals surface area contributed by atoms with Gasteiger partial charge >= 0.3 is 12.1 Å². The number of nitrogens with one attached hydrogen (secondary N) is 1. The van der Waals surface area contributed by atoms with E-state index in [1.165, 1.54) is 31.2 Å². The molecule has 0 bridgehead atoms. The Morgan fingerprint density at radius 1 is 1.25 bits per heavy atom. The van der Waals surface area contributed by atoms with Crippen LogP contribution in [0.2, 0.25) is 0 Å². The molecule has 0 spiro atoms. The topological polar surface area (TPSA) is 72.5 Å². The maximum absolute atomic E-state index is 13.7. The first-order valence-electron chi connectivity index (χ1n) is 6.76. The molecule has 1 aromatic carbocycles. The van der Waals surface area contributed by atoms with Gasteiger partial charge in [0.05, 0.1) is 7.11 Å². The highest BCUT2D eigenvalue weighted by atomic mass is 32.2. The number of ether oxygens (including phenoxy) is 1. The van der Waals surface area contributed by atoms with Crippen molar-refractivity contribution < 1.29 is 31.1 Å². The van der Waals surface area contributed by atoms with E-state index in [0.717, 1.165) is 5.56 Å². The third kappa shape index (κ3) is 3.72. The molecule has 1 rings (SSSR count). The molecule has 9 heteroatoms. The summed E-state index contributed by atoms with van der Waals surface area (Å²) in [7, 11) is -4.53. The summed E-state index contributed by atoms with van der Waals surface area (Å²) in [4.78, 5) is 11.9. The molecule has 24 heavy (non-hydrogen) atoms. The number of rotatable bonds is 6. The van der Waals surface area contributed by atoms with Gasteiger partial charge in [0.25, 0.3) is 14.8 Å². The number of aryl methyl sites for hydroxylation is 1. The normalized spacial score (nSPS) is 14.6. The highest BCUT2D eigenvalue weighted by Crippen LogP contribution is 2.43. The zero-order valence-electron chi connectivity index (χ0n) is 13.4. The number of esters is 1. The van der Waals surface area contributed by atoms with E-state index in [1.54, 1.807) is 6.92 Å². The first-order chi connectivity index (χ1) is 10.9. The minimum atomic E-state index is -5.41. The van der Waals surface area contributed by atoms with Crippen LogP contribution in [0.5, 0.6) is 0 Å². The van der Waals surface area contributed by atoms with E-state index >= 15 is 0 Å². The molecule has 0 heterocycles. The second-order valence-corrected chi connectivity index (χ2v) is 7.33. The minimum absolute atomic E-state index is 0.0974. The van der Waals surface area contributed by atoms with Crippen LogP contribution >= 0.6 is 0 Å². The summed E-state index contributed by atoms with van der Waals surface area (Å²) in [6.07, 6.45) is -6.56. The standard InChI is InChI=1S/C15H18F3NO4S/c1-10(2)9-14(13(20)23-4,15(16,17)18)24(21,22)19-12-7-5-11(3)6-8-12/h5-8,19H,1,9H2,2-4H3. The summed E-state index contributed by atoms with van der Waals surface area (Å²) >= 11 is 0. The van der Waals surface area contributed by atoms with Crippen molar-refractivity contribution in [2.24, 2.45) is 0 Å². The van der Waals surface area contributed by atoms with E-state index < -0.39 is 33.3 Å². The summed E-state index contributed by atoms with van der Waals surface area (Å²) in [6, 6.07) is 5.63. The Morgan fingerprint density at radius 3 is 2.12 bits per heavy atom. The molecule has 5 nitrogen and oxygen atoms in total. The number of benzene rings is 1. The molecule has 1 atom stereocenters. The Morgan fingerprint density at radius 2 is 1.75 bits per heavy atom. The summed E-state index contributed by atoms with van der Waals surface area (Å²) in [5, 5.41) is 0. The number of hydrogen-bond acceptors (Lipinski definition) is 4. The molecule has 0 aliphatic carbocycles. The number of hydrogen-bond donors (Lipinski definition) is 1. The molecule has 1 unspecified atom stereocenters. The van der Waals surface area contributed by atoms with Crippen LogP contribution in [0.3, 0.4) is 0 Å². The second-order valence-electron chi connectivity index (χ2n) is 5.42. The molecule has 0 fully saturated rings. The smallest absolute Gasteiger partial charge is 0.421 e. The number of sulfonamides is 1. The maximum atomic E-state index is 13.7. The Hall–Kier alpha value is -2.03. The van der Waals surface area contributed by atoms with Gasteiger partial charge < -0.3 is 4.74 Å². The molecule has 0 radical (unpaired) electrons. The Labute approximate surface area is 138 Å². The zero-order chi connectivity index (χ0) is 18.8. The molecule has 0 aliphatic heterocycles. The van der Waals surface area contributed by atoms with E-state index in [-0.39, 0.29) is 11.3 Å². The third-order valence-electron chi connectivity index (χ3n) is 3.29. The number of methoxy groups -OCH3 is 1. The predicted molar refractivity (Wildman–Crippen MR) is 84.0 cm³/mol. The van der Waals surface area contributed by atoms with Crippen molar-refractivity contribution in [1.82, 2.24) is 0 Å². The lowest BCUT2D eigenvalue weighted by molar-refractivity contribution is -0.186. The Kier molecular flexibility index (Phi) is 5.70. The lowest BCUT2D eigenvalue weighted by atomic mass is 9.99. The van der Waals surface area contributed by atoms with Crippen molar-refractivity contribution in [2.75, 3.05) is 11.8 Å². The van der Waals surface area contributed by atoms with Crippen molar-refractivity contribution in [1.29, 1.82) is 0 Å². The van der Waals surface area contributed by atoms with E-state index in [4.69, 9.17) is 0 Å². The van der Waals surface area contributed by atoms with Crippen molar-refractivity contribution in [3.63, 3.8) is 0 Å². The lowest BCUT2D eigenvalue weighted by Crippen LogP contribution is -2.60. The number of carbonyl (C=O) groups excluding carboxylic acids is 1. The number of allylic oxidation sites excluding steroid dienone is 1. The van der Waals surface area contributed by atoms with E-state index in [9.17, 15) is 26.4 Å². The highest BCUT2D eigenvalue weighted by Gasteiger charge is 2.70. The fourth-order valence-corrected chi connectivity index (χ4v) is 3.76. The van der Waals surface area contributed by atoms with Crippen LogP contribution in [-0.4, -0.2) is 32.4 Å². The van der Waals surface area contributed by atoms with Crippen molar-refractivity contribution in [3.05, 3.63) is 42.0 Å². The lowest BCUT2D eigenvalue weighted by Gasteiger charge is -2.32. The Balaban J connectivity index is 3.52. The first kappa shape index (κ1) is 20.0. The van der Waals surface area contributed by atoms with Crippen LogP contribution in [-0.2, 0) is 19.6 Å². The summed E-state index contributed by atoms with van der Waals surface area (Å²) in [5.41, 5.74) is 0.557. The third-order valence-corrected chi connectivity index (χ3v) is 5.25. The van der Waals surface area contributed by atoms with Gasteiger partial charge in [-0.2, -0.15) is 13.2 Å². The molecule has 1 aromatic rings. The van der Waals surface area contributed by atoms with Gasteiger partial charge in [-0.05, 0) is 26.0 Å². The SMILES string of the molecule is C=C(C)CC(C(=O)OC)(C(F)(F)F)S(=O)(=O)Nc1ccc(C)cc1. The van der Waals surface area contributed by atoms with Gasteiger partial charge in [-0.1, -0.05) is 23.3 Å². The average Bonchev–Trinajstić information content (AvgIpc) is 2.44. The van der Waals surface area contributed by atoms with Crippen molar-refractivity contribution >= 4 is 21.7 Å². The van der Waals surface area contributed by atoms with Gasteiger partial charge in [0.1, 0.15) is 0 Å². The van der Waals surface area contributed by atoms with Crippen molar-refractivity contribution in [3.8, 4) is 0 Å². The zero-order valence-corrected chi connectivity index (χ0v) is 14.2. The Bertz CT molecular complexity index is 726. The average molecular weight is 365 g/mol. The minimum Gasteiger partial charge on any atom is -0.468 e. The van der Waals surface area contributed by atoms with Gasteiger partial charge in [-0.15, -0.1) is 6.58 Å². The number of alkyl halides is 3. The van der Waals surface area contributed by atoms with Crippen LogP contribution in [0.25, 0.3) is 0 Å². The highest BCUT2D eigenvalue weighted by molar-refractivity contribution is 7.95. The van der Waals surface area contributed by atoms with E-state index in [2.05, 4.69) is 11.3 Å². The number of halogens is 3. The van der Waals surface area contributed by atoms with Crippen molar-refractivity contribution in [2.45, 2.75) is 31.2 Å². The second kappa shape index (κ2) is 6.84. The van der Waals surface area contributed by atoms with Crippen LogP contribution in [0.1, 0.15) is 18.9 Å². The van der Waals surface area contributed by atoms with Crippen LogP contribution < -0.4 is 4.72 Å². The molecule has 0 aliphatic rings. The number of carbonyl (C=O) groups is 1. The molecule has 0 saturated carbocycles. The maximum Gasteiger partial charge on any atom is 0.421 e. The van der Waals surface area contributed by atoms with Gasteiger partial charge in [0.2, 0.25) is 0 Å². The molecular formula is C15H18F3NO4S. The fourth-order valence-electron chi connectivity index (χ4n) is 2.10. The van der Waals surface area contributed by atoms with Crippen LogP contribution in [0, 0.1) is 6.92 Å². The fraction of sp³-hybridized carbons (Fsp3) is 0.400. The molecule has 0 amide bonds.